The lowest BCUT2D eigenvalue weighted by atomic mass is 10.2. The maximum atomic E-state index is 13.2. The van der Waals surface area contributed by atoms with E-state index in [4.69, 9.17) is 4.74 Å². The first-order chi connectivity index (χ1) is 15.0. The quantitative estimate of drug-likeness (QED) is 0.463. The number of hydrogen-bond acceptors (Lipinski definition) is 5. The molecule has 0 saturated carbocycles. The van der Waals surface area contributed by atoms with Crippen LogP contribution in [0, 0.1) is 6.92 Å². The number of hydrogen-bond donors (Lipinski definition) is 1. The molecule has 0 bridgehead atoms. The Morgan fingerprint density at radius 1 is 1.16 bits per heavy atom. The Morgan fingerprint density at radius 3 is 2.55 bits per heavy atom. The third-order valence-corrected chi connectivity index (χ3v) is 6.11. The van der Waals surface area contributed by atoms with Gasteiger partial charge in [0.15, 0.2) is 0 Å². The molecule has 1 N–H and O–H groups in total. The molecule has 2 heterocycles. The Hall–Kier alpha value is -3.45. The van der Waals surface area contributed by atoms with Crippen molar-refractivity contribution < 1.29 is 9.53 Å². The van der Waals surface area contributed by atoms with Crippen molar-refractivity contribution >= 4 is 33.1 Å². The molecule has 0 fully saturated rings. The SMILES string of the molecule is CCOc1ccc(NC(=O)C(C)n2c(C)nc3sc(-c4ccccc4)cc3c2=O)cc1. The van der Waals surface area contributed by atoms with Crippen molar-refractivity contribution in [3.63, 3.8) is 0 Å². The minimum absolute atomic E-state index is 0.213. The Balaban J connectivity index is 1.63. The summed E-state index contributed by atoms with van der Waals surface area (Å²) < 4.78 is 6.88. The largest absolute Gasteiger partial charge is 0.494 e. The predicted molar refractivity (Wildman–Crippen MR) is 125 cm³/mol. The summed E-state index contributed by atoms with van der Waals surface area (Å²) in [6, 6.07) is 18.2. The smallest absolute Gasteiger partial charge is 0.263 e. The van der Waals surface area contributed by atoms with Gasteiger partial charge in [0.25, 0.3) is 5.56 Å². The zero-order valence-corrected chi connectivity index (χ0v) is 18.4. The van der Waals surface area contributed by atoms with E-state index in [9.17, 15) is 9.59 Å². The lowest BCUT2D eigenvalue weighted by molar-refractivity contribution is -0.118. The summed E-state index contributed by atoms with van der Waals surface area (Å²) in [6.45, 7) is 5.95. The third-order valence-electron chi connectivity index (χ3n) is 5.03. The first kappa shape index (κ1) is 20.8. The monoisotopic (exact) mass is 433 g/mol. The molecule has 1 unspecified atom stereocenters. The van der Waals surface area contributed by atoms with Gasteiger partial charge in [0, 0.05) is 10.6 Å². The van der Waals surface area contributed by atoms with Gasteiger partial charge in [-0.25, -0.2) is 4.98 Å². The van der Waals surface area contributed by atoms with Crippen molar-refractivity contribution in [2.45, 2.75) is 26.8 Å². The molecule has 0 saturated heterocycles. The van der Waals surface area contributed by atoms with E-state index in [1.54, 1.807) is 38.1 Å². The average molecular weight is 434 g/mol. The van der Waals surface area contributed by atoms with Gasteiger partial charge in [0.05, 0.1) is 12.0 Å². The van der Waals surface area contributed by atoms with Crippen molar-refractivity contribution in [2.24, 2.45) is 0 Å². The van der Waals surface area contributed by atoms with Crippen molar-refractivity contribution in [1.82, 2.24) is 9.55 Å². The van der Waals surface area contributed by atoms with E-state index in [0.29, 0.717) is 28.3 Å². The van der Waals surface area contributed by atoms with Crippen molar-refractivity contribution in [3.8, 4) is 16.2 Å². The third kappa shape index (κ3) is 4.22. The minimum atomic E-state index is -0.712. The number of nitrogens with zero attached hydrogens (tertiary/aromatic N) is 2. The van der Waals surface area contributed by atoms with E-state index in [0.717, 1.165) is 16.2 Å². The van der Waals surface area contributed by atoms with Gasteiger partial charge in [0.1, 0.15) is 22.4 Å². The molecule has 31 heavy (non-hydrogen) atoms. The van der Waals surface area contributed by atoms with Crippen LogP contribution in [0.1, 0.15) is 25.7 Å². The van der Waals surface area contributed by atoms with Crippen LogP contribution in [0.3, 0.4) is 0 Å². The van der Waals surface area contributed by atoms with E-state index >= 15 is 0 Å². The number of ether oxygens (including phenoxy) is 1. The Kier molecular flexibility index (Phi) is 5.86. The lowest BCUT2D eigenvalue weighted by Crippen LogP contribution is -2.33. The van der Waals surface area contributed by atoms with Crippen LogP contribution in [0.25, 0.3) is 20.7 Å². The summed E-state index contributed by atoms with van der Waals surface area (Å²) in [5, 5.41) is 3.39. The highest BCUT2D eigenvalue weighted by Gasteiger charge is 2.21. The molecule has 7 heteroatoms. The fourth-order valence-corrected chi connectivity index (χ4v) is 4.53. The van der Waals surface area contributed by atoms with Gasteiger partial charge in [-0.05, 0) is 56.7 Å². The molecule has 2 aromatic heterocycles. The van der Waals surface area contributed by atoms with Crippen LogP contribution in [-0.2, 0) is 4.79 Å². The van der Waals surface area contributed by atoms with Crippen molar-refractivity contribution in [2.75, 3.05) is 11.9 Å². The molecule has 0 aliphatic rings. The predicted octanol–water partition coefficient (Wildman–Crippen LogP) is 5.03. The summed E-state index contributed by atoms with van der Waals surface area (Å²) in [7, 11) is 0. The van der Waals surface area contributed by atoms with Gasteiger partial charge >= 0.3 is 0 Å². The van der Waals surface area contributed by atoms with E-state index in [1.807, 2.05) is 43.3 Å². The molecular formula is C24H23N3O3S. The maximum absolute atomic E-state index is 13.2. The Labute approximate surface area is 184 Å². The van der Waals surface area contributed by atoms with Gasteiger partial charge < -0.3 is 10.1 Å². The number of aryl methyl sites for hydroxylation is 1. The number of anilines is 1. The van der Waals surface area contributed by atoms with E-state index in [1.165, 1.54) is 15.9 Å². The van der Waals surface area contributed by atoms with E-state index in [-0.39, 0.29) is 11.5 Å². The number of nitrogens with one attached hydrogen (secondary N) is 1. The molecule has 2 aromatic carbocycles. The van der Waals surface area contributed by atoms with Crippen LogP contribution in [0.5, 0.6) is 5.75 Å². The topological polar surface area (TPSA) is 73.2 Å². The van der Waals surface area contributed by atoms with Gasteiger partial charge in [-0.1, -0.05) is 30.3 Å². The van der Waals surface area contributed by atoms with Crippen molar-refractivity contribution in [3.05, 3.63) is 76.8 Å². The second-order valence-electron chi connectivity index (χ2n) is 7.15. The molecule has 1 amide bonds. The molecule has 6 nitrogen and oxygen atoms in total. The average Bonchev–Trinajstić information content (AvgIpc) is 3.20. The number of benzene rings is 2. The normalized spacial score (nSPS) is 12.0. The number of amides is 1. The molecule has 1 atom stereocenters. The maximum Gasteiger partial charge on any atom is 0.263 e. The highest BCUT2D eigenvalue weighted by atomic mass is 32.1. The van der Waals surface area contributed by atoms with E-state index in [2.05, 4.69) is 10.3 Å². The van der Waals surface area contributed by atoms with Crippen molar-refractivity contribution in [1.29, 1.82) is 0 Å². The van der Waals surface area contributed by atoms with Gasteiger partial charge in [-0.3, -0.25) is 14.2 Å². The fraction of sp³-hybridized carbons (Fsp3) is 0.208. The summed E-state index contributed by atoms with van der Waals surface area (Å²) >= 11 is 1.48. The fourth-order valence-electron chi connectivity index (χ4n) is 3.46. The van der Waals surface area contributed by atoms with Crippen LogP contribution in [0.15, 0.2) is 65.5 Å². The number of fused-ring (bicyclic) bond motifs is 1. The number of carbonyl (C=O) groups is 1. The second-order valence-corrected chi connectivity index (χ2v) is 8.18. The first-order valence-electron chi connectivity index (χ1n) is 10.1. The molecular weight excluding hydrogens is 410 g/mol. The van der Waals surface area contributed by atoms with Gasteiger partial charge in [-0.2, -0.15) is 0 Å². The molecule has 0 aliphatic heterocycles. The Morgan fingerprint density at radius 2 is 1.87 bits per heavy atom. The van der Waals surface area contributed by atoms with Crippen LogP contribution in [-0.4, -0.2) is 22.1 Å². The lowest BCUT2D eigenvalue weighted by Gasteiger charge is -2.17. The van der Waals surface area contributed by atoms with Crippen LogP contribution < -0.4 is 15.6 Å². The highest BCUT2D eigenvalue weighted by Crippen LogP contribution is 2.31. The number of carbonyl (C=O) groups excluding carboxylic acids is 1. The second kappa shape index (κ2) is 8.73. The molecule has 4 rings (SSSR count). The standard InChI is InChI=1S/C24H23N3O3S/c1-4-30-19-12-10-18(11-13-19)26-22(28)15(2)27-16(3)25-23-20(24(27)29)14-21(31-23)17-8-6-5-7-9-17/h5-15H,4H2,1-3H3,(H,26,28). The van der Waals surface area contributed by atoms with Crippen LogP contribution in [0.2, 0.25) is 0 Å². The minimum Gasteiger partial charge on any atom is -0.494 e. The number of rotatable bonds is 6. The Bertz CT molecular complexity index is 1280. The number of thiophene rings is 1. The summed E-state index contributed by atoms with van der Waals surface area (Å²) in [4.78, 5) is 32.4. The van der Waals surface area contributed by atoms with E-state index < -0.39 is 6.04 Å². The van der Waals surface area contributed by atoms with Gasteiger partial charge in [-0.15, -0.1) is 11.3 Å². The molecule has 0 aliphatic carbocycles. The molecule has 4 aromatic rings. The summed E-state index contributed by atoms with van der Waals surface area (Å²) in [6.07, 6.45) is 0. The van der Waals surface area contributed by atoms with Crippen LogP contribution in [0.4, 0.5) is 5.69 Å². The van der Waals surface area contributed by atoms with Crippen LogP contribution >= 0.6 is 11.3 Å². The van der Waals surface area contributed by atoms with Gasteiger partial charge in [0.2, 0.25) is 5.91 Å². The zero-order chi connectivity index (χ0) is 22.0. The molecule has 0 spiro atoms. The summed E-state index contributed by atoms with van der Waals surface area (Å²) in [5.41, 5.74) is 1.47. The molecule has 0 radical (unpaired) electrons. The highest BCUT2D eigenvalue weighted by molar-refractivity contribution is 7.21. The number of aromatic nitrogens is 2. The first-order valence-corrected chi connectivity index (χ1v) is 10.9. The summed E-state index contributed by atoms with van der Waals surface area (Å²) in [5.74, 6) is 0.962. The zero-order valence-electron chi connectivity index (χ0n) is 17.6. The molecule has 158 valence electrons.